The van der Waals surface area contributed by atoms with Crippen molar-refractivity contribution in [3.8, 4) is 17.4 Å². The molecule has 1 aromatic rings. The van der Waals surface area contributed by atoms with Crippen molar-refractivity contribution < 1.29 is 4.74 Å². The van der Waals surface area contributed by atoms with Gasteiger partial charge in [0, 0.05) is 0 Å². The maximum atomic E-state index is 5.16. The molecule has 0 bridgehead atoms. The van der Waals surface area contributed by atoms with Gasteiger partial charge in [-0.1, -0.05) is 5.92 Å². The molecule has 0 spiro atoms. The van der Waals surface area contributed by atoms with Crippen LogP contribution >= 0.6 is 11.3 Å². The maximum absolute atomic E-state index is 5.16. The molecule has 0 atom stereocenters. The van der Waals surface area contributed by atoms with Crippen molar-refractivity contribution in [2.75, 3.05) is 6.61 Å². The number of thiophene rings is 1. The monoisotopic (exact) mass is 152 g/mol. The Kier molecular flexibility index (Phi) is 2.35. The molecule has 10 heavy (non-hydrogen) atoms. The minimum Gasteiger partial charge on any atom is -0.471 e. The number of hydrogen-bond donors (Lipinski definition) is 0. The SMILES string of the molecule is C#CCOc1cc(C)cs1. The van der Waals surface area contributed by atoms with Gasteiger partial charge in [-0.2, -0.15) is 0 Å². The van der Waals surface area contributed by atoms with Crippen LogP contribution < -0.4 is 4.74 Å². The summed E-state index contributed by atoms with van der Waals surface area (Å²) < 4.78 is 5.16. The van der Waals surface area contributed by atoms with Crippen LogP contribution in [0.15, 0.2) is 11.4 Å². The lowest BCUT2D eigenvalue weighted by molar-refractivity contribution is 0.381. The third kappa shape index (κ3) is 1.78. The summed E-state index contributed by atoms with van der Waals surface area (Å²) in [4.78, 5) is 0. The molecule has 0 aromatic carbocycles. The van der Waals surface area contributed by atoms with E-state index in [1.165, 1.54) is 5.56 Å². The highest BCUT2D eigenvalue weighted by Crippen LogP contribution is 2.21. The fourth-order valence-electron chi connectivity index (χ4n) is 0.593. The normalized spacial score (nSPS) is 8.80. The third-order valence-corrected chi connectivity index (χ3v) is 1.96. The first-order chi connectivity index (χ1) is 4.83. The molecule has 0 N–H and O–H groups in total. The van der Waals surface area contributed by atoms with Gasteiger partial charge in [0.2, 0.25) is 0 Å². The van der Waals surface area contributed by atoms with Gasteiger partial charge < -0.3 is 4.74 Å². The van der Waals surface area contributed by atoms with Crippen molar-refractivity contribution in [2.24, 2.45) is 0 Å². The van der Waals surface area contributed by atoms with Gasteiger partial charge in [-0.25, -0.2) is 0 Å². The Bertz CT molecular complexity index is 244. The molecule has 0 unspecified atom stereocenters. The number of terminal acetylenes is 1. The van der Waals surface area contributed by atoms with E-state index in [1.54, 1.807) is 11.3 Å². The Balaban J connectivity index is 2.52. The molecule has 0 saturated carbocycles. The molecule has 1 heterocycles. The van der Waals surface area contributed by atoms with Crippen molar-refractivity contribution in [1.82, 2.24) is 0 Å². The van der Waals surface area contributed by atoms with Crippen molar-refractivity contribution in [2.45, 2.75) is 6.92 Å². The molecule has 1 aromatic heterocycles. The van der Waals surface area contributed by atoms with E-state index in [1.807, 2.05) is 18.4 Å². The highest BCUT2D eigenvalue weighted by molar-refractivity contribution is 7.12. The van der Waals surface area contributed by atoms with E-state index in [0.29, 0.717) is 6.61 Å². The first-order valence-electron chi connectivity index (χ1n) is 2.94. The largest absolute Gasteiger partial charge is 0.471 e. The summed E-state index contributed by atoms with van der Waals surface area (Å²) in [6.45, 7) is 2.39. The molecule has 1 nitrogen and oxygen atoms in total. The van der Waals surface area contributed by atoms with Crippen LogP contribution in [-0.4, -0.2) is 6.61 Å². The third-order valence-electron chi connectivity index (χ3n) is 1.00. The fourth-order valence-corrected chi connectivity index (χ4v) is 1.34. The second kappa shape index (κ2) is 3.28. The first kappa shape index (κ1) is 7.17. The van der Waals surface area contributed by atoms with Crippen LogP contribution in [0.2, 0.25) is 0 Å². The molecule has 1 rings (SSSR count). The minimum atomic E-state index is 0.361. The Hall–Kier alpha value is -0.940. The average molecular weight is 152 g/mol. The first-order valence-corrected chi connectivity index (χ1v) is 3.82. The van der Waals surface area contributed by atoms with E-state index < -0.39 is 0 Å². The minimum absolute atomic E-state index is 0.361. The van der Waals surface area contributed by atoms with Crippen LogP contribution in [0.25, 0.3) is 0 Å². The van der Waals surface area contributed by atoms with Gasteiger partial charge in [-0.3, -0.25) is 0 Å². The zero-order valence-corrected chi connectivity index (χ0v) is 6.57. The zero-order chi connectivity index (χ0) is 7.40. The molecule has 0 aliphatic rings. The average Bonchev–Trinajstić information content (AvgIpc) is 2.31. The zero-order valence-electron chi connectivity index (χ0n) is 5.76. The lowest BCUT2D eigenvalue weighted by Crippen LogP contribution is -1.89. The molecule has 0 aliphatic heterocycles. The van der Waals surface area contributed by atoms with Crippen LogP contribution in [0.3, 0.4) is 0 Å². The van der Waals surface area contributed by atoms with Gasteiger partial charge in [0.05, 0.1) is 0 Å². The van der Waals surface area contributed by atoms with Crippen LogP contribution in [0, 0.1) is 19.3 Å². The van der Waals surface area contributed by atoms with Gasteiger partial charge in [0.15, 0.2) is 5.06 Å². The van der Waals surface area contributed by atoms with Gasteiger partial charge in [-0.05, 0) is 23.9 Å². The van der Waals surface area contributed by atoms with Gasteiger partial charge in [-0.15, -0.1) is 17.8 Å². The van der Waals surface area contributed by atoms with Crippen LogP contribution in [-0.2, 0) is 0 Å². The number of rotatable bonds is 2. The summed E-state index contributed by atoms with van der Waals surface area (Å²) in [6, 6.07) is 1.97. The quantitative estimate of drug-likeness (QED) is 0.589. The van der Waals surface area contributed by atoms with Crippen molar-refractivity contribution in [1.29, 1.82) is 0 Å². The van der Waals surface area contributed by atoms with E-state index in [2.05, 4.69) is 5.92 Å². The standard InChI is InChI=1S/C8H8OS/c1-3-4-9-8-5-7(2)6-10-8/h1,5-6H,4H2,2H3. The Morgan fingerprint density at radius 1 is 1.80 bits per heavy atom. The van der Waals surface area contributed by atoms with E-state index >= 15 is 0 Å². The van der Waals surface area contributed by atoms with Gasteiger partial charge >= 0.3 is 0 Å². The molecule has 0 radical (unpaired) electrons. The summed E-state index contributed by atoms with van der Waals surface area (Å²) in [6.07, 6.45) is 5.01. The highest BCUT2D eigenvalue weighted by Gasteiger charge is 1.93. The van der Waals surface area contributed by atoms with Crippen LogP contribution in [0.1, 0.15) is 5.56 Å². The van der Waals surface area contributed by atoms with Crippen LogP contribution in [0.5, 0.6) is 5.06 Å². The molecular formula is C8H8OS. The second-order valence-electron chi connectivity index (χ2n) is 1.94. The molecule has 0 fully saturated rings. The van der Waals surface area contributed by atoms with Gasteiger partial charge in [0.1, 0.15) is 6.61 Å². The molecule has 0 saturated heterocycles. The number of ether oxygens (including phenoxy) is 1. The molecule has 2 heteroatoms. The predicted octanol–water partition coefficient (Wildman–Crippen LogP) is 2.07. The van der Waals surface area contributed by atoms with E-state index in [4.69, 9.17) is 11.2 Å². The summed E-state index contributed by atoms with van der Waals surface area (Å²) in [5.74, 6) is 2.41. The lowest BCUT2D eigenvalue weighted by Gasteiger charge is -1.93. The smallest absolute Gasteiger partial charge is 0.175 e. The van der Waals surface area contributed by atoms with E-state index in [9.17, 15) is 0 Å². The Morgan fingerprint density at radius 2 is 2.60 bits per heavy atom. The van der Waals surface area contributed by atoms with Crippen LogP contribution in [0.4, 0.5) is 0 Å². The number of hydrogen-bond acceptors (Lipinski definition) is 2. The summed E-state index contributed by atoms with van der Waals surface area (Å²) in [7, 11) is 0. The van der Waals surface area contributed by atoms with E-state index in [0.717, 1.165) is 5.06 Å². The number of aryl methyl sites for hydroxylation is 1. The Morgan fingerprint density at radius 3 is 3.10 bits per heavy atom. The van der Waals surface area contributed by atoms with Crippen molar-refractivity contribution in [3.05, 3.63) is 17.0 Å². The lowest BCUT2D eigenvalue weighted by atomic mass is 10.4. The van der Waals surface area contributed by atoms with Gasteiger partial charge in [0.25, 0.3) is 0 Å². The van der Waals surface area contributed by atoms with Crippen molar-refractivity contribution in [3.63, 3.8) is 0 Å². The van der Waals surface area contributed by atoms with Crippen molar-refractivity contribution >= 4 is 11.3 Å². The van der Waals surface area contributed by atoms with E-state index in [-0.39, 0.29) is 0 Å². The molecule has 52 valence electrons. The predicted molar refractivity (Wildman–Crippen MR) is 43.4 cm³/mol. The molecular weight excluding hydrogens is 144 g/mol. The maximum Gasteiger partial charge on any atom is 0.175 e. The summed E-state index contributed by atoms with van der Waals surface area (Å²) in [5.41, 5.74) is 1.22. The summed E-state index contributed by atoms with van der Waals surface area (Å²) in [5, 5.41) is 2.93. The summed E-state index contributed by atoms with van der Waals surface area (Å²) >= 11 is 1.57. The Labute approximate surface area is 64.6 Å². The highest BCUT2D eigenvalue weighted by atomic mass is 32.1. The fraction of sp³-hybridized carbons (Fsp3) is 0.250. The molecule has 0 aliphatic carbocycles. The molecule has 0 amide bonds. The topological polar surface area (TPSA) is 9.23 Å². The second-order valence-corrected chi connectivity index (χ2v) is 2.81.